The zero-order valence-electron chi connectivity index (χ0n) is 12.0. The Morgan fingerprint density at radius 3 is 2.43 bits per heavy atom. The number of para-hydroxylation sites is 1. The van der Waals surface area contributed by atoms with Crippen LogP contribution in [0.25, 0.3) is 0 Å². The highest BCUT2D eigenvalue weighted by molar-refractivity contribution is 5.62. The Morgan fingerprint density at radius 1 is 1.00 bits per heavy atom. The van der Waals surface area contributed by atoms with Crippen LogP contribution in [0.5, 0.6) is 0 Å². The molecule has 1 heterocycles. The van der Waals surface area contributed by atoms with E-state index in [2.05, 4.69) is 40.9 Å². The van der Waals surface area contributed by atoms with Crippen molar-refractivity contribution < 1.29 is 0 Å². The van der Waals surface area contributed by atoms with Crippen LogP contribution in [0.4, 0.5) is 5.69 Å². The van der Waals surface area contributed by atoms with Gasteiger partial charge in [0.15, 0.2) is 0 Å². The van der Waals surface area contributed by atoms with Gasteiger partial charge >= 0.3 is 0 Å². The molecule has 1 aromatic heterocycles. The molecule has 0 fully saturated rings. The lowest BCUT2D eigenvalue weighted by Crippen LogP contribution is -2.23. The van der Waals surface area contributed by atoms with Gasteiger partial charge in [0.1, 0.15) is 0 Å². The number of aromatic nitrogens is 1. The highest BCUT2D eigenvalue weighted by Crippen LogP contribution is 2.19. The van der Waals surface area contributed by atoms with Crippen LogP contribution < -0.4 is 4.90 Å². The summed E-state index contributed by atoms with van der Waals surface area (Å²) in [4.78, 5) is 6.26. The molecule has 0 saturated carbocycles. The minimum absolute atomic E-state index is 0.762. The maximum Gasteiger partial charge on any atom is 0.0531 e. The molecule has 2 aromatic rings. The Kier molecular flexibility index (Phi) is 5.37. The molecule has 2 rings (SSSR count). The number of pyridine rings is 1. The van der Waals surface area contributed by atoms with E-state index in [9.17, 15) is 0 Å². The molecule has 2 heteroatoms. The van der Waals surface area contributed by atoms with Gasteiger partial charge in [-0.25, -0.2) is 0 Å². The van der Waals surface area contributed by atoms with Gasteiger partial charge in [-0.3, -0.25) is 4.98 Å². The molecule has 0 bridgehead atoms. The van der Waals surface area contributed by atoms with E-state index in [1.165, 1.54) is 0 Å². The summed E-state index contributed by atoms with van der Waals surface area (Å²) in [5.74, 6) is 6.38. The van der Waals surface area contributed by atoms with E-state index in [0.29, 0.717) is 0 Å². The van der Waals surface area contributed by atoms with E-state index in [-0.39, 0.29) is 0 Å². The molecule has 0 aliphatic carbocycles. The number of benzene rings is 1. The van der Waals surface area contributed by atoms with Crippen LogP contribution in [0.15, 0.2) is 74.1 Å². The molecule has 0 amide bonds. The summed E-state index contributed by atoms with van der Waals surface area (Å²) in [6.07, 6.45) is 7.28. The Morgan fingerprint density at radius 2 is 1.76 bits per heavy atom. The van der Waals surface area contributed by atoms with Gasteiger partial charge in [-0.05, 0) is 24.3 Å². The number of nitrogens with zero attached hydrogens (tertiary/aromatic N) is 2. The van der Waals surface area contributed by atoms with Crippen molar-refractivity contribution in [1.82, 2.24) is 4.98 Å². The van der Waals surface area contributed by atoms with E-state index in [1.807, 2.05) is 42.5 Å². The average Bonchev–Trinajstić information content (AvgIpc) is 2.54. The van der Waals surface area contributed by atoms with Crippen LogP contribution in [0, 0.1) is 11.8 Å². The van der Waals surface area contributed by atoms with Crippen molar-refractivity contribution in [2.24, 2.45) is 0 Å². The van der Waals surface area contributed by atoms with Crippen molar-refractivity contribution in [2.75, 3.05) is 18.0 Å². The molecule has 0 unspecified atom stereocenters. The first-order valence-electron chi connectivity index (χ1n) is 6.83. The largest absolute Gasteiger partial charge is 0.363 e. The van der Waals surface area contributed by atoms with Crippen molar-refractivity contribution in [2.45, 2.75) is 0 Å². The predicted molar refractivity (Wildman–Crippen MR) is 89.3 cm³/mol. The summed E-state index contributed by atoms with van der Waals surface area (Å²) < 4.78 is 0. The van der Waals surface area contributed by atoms with Crippen LogP contribution in [-0.4, -0.2) is 18.1 Å². The van der Waals surface area contributed by atoms with Gasteiger partial charge < -0.3 is 4.90 Å². The molecule has 0 atom stereocenters. The normalized spacial score (nSPS) is 9.33. The third-order valence-electron chi connectivity index (χ3n) is 2.95. The van der Waals surface area contributed by atoms with Crippen molar-refractivity contribution in [3.63, 3.8) is 0 Å². The molecule has 0 aliphatic rings. The standard InChI is InChI=1S/C19H18N2/c1-3-14-21(15-4-2)19-10-6-5-9-18(19)12-11-17-8-7-13-20-16-17/h3-10,13,16H,1-2,14-15H2. The summed E-state index contributed by atoms with van der Waals surface area (Å²) in [6, 6.07) is 11.9. The molecular weight excluding hydrogens is 256 g/mol. The Balaban J connectivity index is 2.34. The first kappa shape index (κ1) is 14.6. The summed E-state index contributed by atoms with van der Waals surface area (Å²) in [6.45, 7) is 9.15. The van der Waals surface area contributed by atoms with E-state index >= 15 is 0 Å². The Bertz CT molecular complexity index is 653. The molecule has 21 heavy (non-hydrogen) atoms. The summed E-state index contributed by atoms with van der Waals surface area (Å²) in [5, 5.41) is 0. The smallest absolute Gasteiger partial charge is 0.0531 e. The van der Waals surface area contributed by atoms with E-state index < -0.39 is 0 Å². The minimum atomic E-state index is 0.762. The van der Waals surface area contributed by atoms with E-state index in [0.717, 1.165) is 29.9 Å². The lowest BCUT2D eigenvalue weighted by molar-refractivity contribution is 0.954. The second kappa shape index (κ2) is 7.72. The second-order valence-electron chi connectivity index (χ2n) is 4.49. The van der Waals surface area contributed by atoms with Gasteiger partial charge in [-0.15, -0.1) is 13.2 Å². The maximum atomic E-state index is 4.07. The molecule has 0 spiro atoms. The highest BCUT2D eigenvalue weighted by Gasteiger charge is 2.06. The summed E-state index contributed by atoms with van der Waals surface area (Å²) in [7, 11) is 0. The SMILES string of the molecule is C=CCN(CC=C)c1ccccc1C#Cc1cccnc1. The van der Waals surface area contributed by atoms with Crippen LogP contribution in [0.1, 0.15) is 11.1 Å². The van der Waals surface area contributed by atoms with Gasteiger partial charge in [0, 0.05) is 36.6 Å². The average molecular weight is 274 g/mol. The topological polar surface area (TPSA) is 16.1 Å². The summed E-state index contributed by atoms with van der Waals surface area (Å²) in [5.41, 5.74) is 2.99. The highest BCUT2D eigenvalue weighted by atomic mass is 15.1. The molecule has 0 N–H and O–H groups in total. The zero-order chi connectivity index (χ0) is 14.9. The second-order valence-corrected chi connectivity index (χ2v) is 4.49. The van der Waals surface area contributed by atoms with Gasteiger partial charge in [-0.1, -0.05) is 36.1 Å². The van der Waals surface area contributed by atoms with E-state index in [1.54, 1.807) is 12.4 Å². The molecule has 104 valence electrons. The van der Waals surface area contributed by atoms with Gasteiger partial charge in [0.2, 0.25) is 0 Å². The monoisotopic (exact) mass is 274 g/mol. The lowest BCUT2D eigenvalue weighted by Gasteiger charge is -2.22. The third-order valence-corrected chi connectivity index (χ3v) is 2.95. The fourth-order valence-electron chi connectivity index (χ4n) is 2.01. The third kappa shape index (κ3) is 4.09. The van der Waals surface area contributed by atoms with Crippen molar-refractivity contribution in [3.8, 4) is 11.8 Å². The molecule has 2 nitrogen and oxygen atoms in total. The fourth-order valence-corrected chi connectivity index (χ4v) is 2.01. The van der Waals surface area contributed by atoms with Gasteiger partial charge in [0.25, 0.3) is 0 Å². The zero-order valence-corrected chi connectivity index (χ0v) is 12.0. The van der Waals surface area contributed by atoms with Crippen molar-refractivity contribution in [3.05, 3.63) is 85.2 Å². The molecule has 0 saturated heterocycles. The van der Waals surface area contributed by atoms with Crippen molar-refractivity contribution >= 4 is 5.69 Å². The molecular formula is C19H18N2. The van der Waals surface area contributed by atoms with Crippen LogP contribution in [-0.2, 0) is 0 Å². The molecule has 1 aromatic carbocycles. The Labute approximate surface area is 126 Å². The summed E-state index contributed by atoms with van der Waals surface area (Å²) >= 11 is 0. The predicted octanol–water partition coefficient (Wildman–Crippen LogP) is 3.66. The maximum absolute atomic E-state index is 4.07. The van der Waals surface area contributed by atoms with Crippen LogP contribution >= 0.6 is 0 Å². The van der Waals surface area contributed by atoms with E-state index in [4.69, 9.17) is 0 Å². The minimum Gasteiger partial charge on any atom is -0.363 e. The first-order chi connectivity index (χ1) is 10.3. The molecule has 0 aliphatic heterocycles. The number of rotatable bonds is 5. The number of hydrogen-bond acceptors (Lipinski definition) is 2. The van der Waals surface area contributed by atoms with Gasteiger partial charge in [0.05, 0.1) is 5.69 Å². The van der Waals surface area contributed by atoms with Gasteiger partial charge in [-0.2, -0.15) is 0 Å². The van der Waals surface area contributed by atoms with Crippen molar-refractivity contribution in [1.29, 1.82) is 0 Å². The first-order valence-corrected chi connectivity index (χ1v) is 6.83. The fraction of sp³-hybridized carbons (Fsp3) is 0.105. The quantitative estimate of drug-likeness (QED) is 0.611. The molecule has 0 radical (unpaired) electrons. The number of hydrogen-bond donors (Lipinski definition) is 0. The number of anilines is 1. The Hall–Kier alpha value is -2.79. The van der Waals surface area contributed by atoms with Crippen LogP contribution in [0.2, 0.25) is 0 Å². The lowest BCUT2D eigenvalue weighted by atomic mass is 10.1. The van der Waals surface area contributed by atoms with Crippen LogP contribution in [0.3, 0.4) is 0 Å².